The third-order valence-electron chi connectivity index (χ3n) is 2.16. The van der Waals surface area contributed by atoms with Crippen LogP contribution in [0.2, 0.25) is 0 Å². The Hall–Kier alpha value is -0.870. The molecule has 4 nitrogen and oxygen atoms in total. The van der Waals surface area contributed by atoms with Crippen LogP contribution in [0.1, 0.15) is 27.2 Å². The molecule has 4 heteroatoms. The zero-order valence-corrected chi connectivity index (χ0v) is 10.4. The lowest BCUT2D eigenvalue weighted by atomic mass is 10.1. The monoisotopic (exact) mass is 230 g/mol. The largest absolute Gasteiger partial charge is 0.460 e. The van der Waals surface area contributed by atoms with Gasteiger partial charge >= 0.3 is 5.97 Å². The third kappa shape index (κ3) is 7.43. The number of ether oxygens (including phenoxy) is 2. The summed E-state index contributed by atoms with van der Waals surface area (Å²) in [5.74, 6) is -0.00820. The van der Waals surface area contributed by atoms with Crippen molar-refractivity contribution in [2.75, 3.05) is 19.8 Å². The molecule has 0 amide bonds. The standard InChI is InChI=1S/C12H22O4/c1-5-10(4)6-15-7-11(13)8-16-12(14)9(2)3/h10-11,13H,2,5-8H2,1,3-4H3. The Bertz CT molecular complexity index is 225. The molecule has 0 rings (SSSR count). The molecule has 1 N–H and O–H groups in total. The third-order valence-corrected chi connectivity index (χ3v) is 2.16. The maximum Gasteiger partial charge on any atom is 0.333 e. The molecule has 0 aliphatic rings. The Morgan fingerprint density at radius 2 is 2.00 bits per heavy atom. The van der Waals surface area contributed by atoms with E-state index < -0.39 is 12.1 Å². The van der Waals surface area contributed by atoms with Gasteiger partial charge in [-0.25, -0.2) is 4.79 Å². The predicted molar refractivity (Wildman–Crippen MR) is 62.1 cm³/mol. The van der Waals surface area contributed by atoms with Crippen molar-refractivity contribution >= 4 is 5.97 Å². The number of carbonyl (C=O) groups is 1. The van der Waals surface area contributed by atoms with Crippen LogP contribution in [0.5, 0.6) is 0 Å². The van der Waals surface area contributed by atoms with Crippen LogP contribution in [-0.2, 0) is 14.3 Å². The number of carbonyl (C=O) groups excluding carboxylic acids is 1. The zero-order valence-electron chi connectivity index (χ0n) is 10.4. The summed E-state index contributed by atoms with van der Waals surface area (Å²) in [5.41, 5.74) is 0.327. The molecule has 0 aromatic rings. The Morgan fingerprint density at radius 1 is 1.38 bits per heavy atom. The average Bonchev–Trinajstić information content (AvgIpc) is 2.25. The van der Waals surface area contributed by atoms with E-state index in [0.717, 1.165) is 6.42 Å². The van der Waals surface area contributed by atoms with Crippen LogP contribution >= 0.6 is 0 Å². The molecule has 0 fully saturated rings. The highest BCUT2D eigenvalue weighted by Gasteiger charge is 2.10. The van der Waals surface area contributed by atoms with Gasteiger partial charge in [0.25, 0.3) is 0 Å². The van der Waals surface area contributed by atoms with E-state index in [9.17, 15) is 9.90 Å². The zero-order chi connectivity index (χ0) is 12.6. The molecule has 0 saturated carbocycles. The number of aliphatic hydroxyl groups excluding tert-OH is 1. The van der Waals surface area contributed by atoms with Gasteiger partial charge in [0.2, 0.25) is 0 Å². The Balaban J connectivity index is 3.55. The molecule has 0 aliphatic carbocycles. The molecule has 94 valence electrons. The maximum atomic E-state index is 11.0. The minimum absolute atomic E-state index is 0.0494. The maximum absolute atomic E-state index is 11.0. The van der Waals surface area contributed by atoms with Crippen LogP contribution in [-0.4, -0.2) is 37.0 Å². The minimum atomic E-state index is -0.771. The summed E-state index contributed by atoms with van der Waals surface area (Å²) < 4.78 is 10.1. The van der Waals surface area contributed by atoms with Gasteiger partial charge in [-0.15, -0.1) is 0 Å². The normalized spacial score (nSPS) is 14.2. The Kier molecular flexibility index (Phi) is 7.85. The van der Waals surface area contributed by atoms with Gasteiger partial charge in [0.15, 0.2) is 0 Å². The van der Waals surface area contributed by atoms with E-state index >= 15 is 0 Å². The summed E-state index contributed by atoms with van der Waals surface area (Å²) in [4.78, 5) is 11.0. The topological polar surface area (TPSA) is 55.8 Å². The molecule has 0 spiro atoms. The number of hydrogen-bond acceptors (Lipinski definition) is 4. The fraction of sp³-hybridized carbons (Fsp3) is 0.750. The summed E-state index contributed by atoms with van der Waals surface area (Å²) in [6.45, 7) is 9.92. The SMILES string of the molecule is C=C(C)C(=O)OCC(O)COCC(C)CC. The molecule has 0 bridgehead atoms. The molecule has 2 unspecified atom stereocenters. The van der Waals surface area contributed by atoms with Crippen molar-refractivity contribution in [3.63, 3.8) is 0 Å². The molecule has 0 aromatic carbocycles. The molecule has 0 aromatic heterocycles. The number of rotatable bonds is 8. The molecule has 0 saturated heterocycles. The summed E-state index contributed by atoms with van der Waals surface area (Å²) in [5, 5.41) is 9.43. The predicted octanol–water partition coefficient (Wildman–Crippen LogP) is 1.53. The molecule has 2 atom stereocenters. The van der Waals surface area contributed by atoms with Crippen molar-refractivity contribution in [2.24, 2.45) is 5.92 Å². The molecule has 16 heavy (non-hydrogen) atoms. The second-order valence-electron chi connectivity index (χ2n) is 4.08. The van der Waals surface area contributed by atoms with Crippen LogP contribution < -0.4 is 0 Å². The van der Waals surface area contributed by atoms with E-state index in [-0.39, 0.29) is 13.2 Å². The van der Waals surface area contributed by atoms with E-state index in [1.807, 2.05) is 0 Å². The van der Waals surface area contributed by atoms with Crippen LogP contribution in [0.25, 0.3) is 0 Å². The number of esters is 1. The number of hydrogen-bond donors (Lipinski definition) is 1. The molecular weight excluding hydrogens is 208 g/mol. The van der Waals surface area contributed by atoms with Crippen LogP contribution in [0.3, 0.4) is 0 Å². The van der Waals surface area contributed by atoms with Gasteiger partial charge in [-0.1, -0.05) is 26.8 Å². The van der Waals surface area contributed by atoms with Crippen molar-refractivity contribution in [3.05, 3.63) is 12.2 Å². The Morgan fingerprint density at radius 3 is 2.50 bits per heavy atom. The fourth-order valence-corrected chi connectivity index (χ4v) is 0.866. The average molecular weight is 230 g/mol. The van der Waals surface area contributed by atoms with Gasteiger partial charge in [-0.05, 0) is 12.8 Å². The first kappa shape index (κ1) is 15.1. The van der Waals surface area contributed by atoms with Crippen LogP contribution in [0.15, 0.2) is 12.2 Å². The smallest absolute Gasteiger partial charge is 0.333 e. The second kappa shape index (κ2) is 8.30. The van der Waals surface area contributed by atoms with Crippen molar-refractivity contribution in [1.29, 1.82) is 0 Å². The second-order valence-corrected chi connectivity index (χ2v) is 4.08. The van der Waals surface area contributed by atoms with Crippen molar-refractivity contribution in [3.8, 4) is 0 Å². The highest BCUT2D eigenvalue weighted by Crippen LogP contribution is 2.01. The van der Waals surface area contributed by atoms with Gasteiger partial charge in [0.05, 0.1) is 6.61 Å². The summed E-state index contributed by atoms with van der Waals surface area (Å²) >= 11 is 0. The molecular formula is C12H22O4. The quantitative estimate of drug-likeness (QED) is 0.507. The lowest BCUT2D eigenvalue weighted by Gasteiger charge is -2.13. The summed E-state index contributed by atoms with van der Waals surface area (Å²) in [7, 11) is 0. The van der Waals surface area contributed by atoms with E-state index in [1.54, 1.807) is 6.92 Å². The van der Waals surface area contributed by atoms with Gasteiger partial charge in [-0.3, -0.25) is 0 Å². The van der Waals surface area contributed by atoms with Crippen molar-refractivity contribution in [2.45, 2.75) is 33.3 Å². The highest BCUT2D eigenvalue weighted by molar-refractivity contribution is 5.86. The molecule has 0 aliphatic heterocycles. The lowest BCUT2D eigenvalue weighted by Crippen LogP contribution is -2.25. The van der Waals surface area contributed by atoms with E-state index in [0.29, 0.717) is 18.1 Å². The molecule has 0 heterocycles. The van der Waals surface area contributed by atoms with Gasteiger partial charge in [-0.2, -0.15) is 0 Å². The first-order chi connectivity index (χ1) is 7.47. The minimum Gasteiger partial charge on any atom is -0.460 e. The highest BCUT2D eigenvalue weighted by atomic mass is 16.5. The van der Waals surface area contributed by atoms with Gasteiger partial charge in [0.1, 0.15) is 12.7 Å². The van der Waals surface area contributed by atoms with E-state index in [1.165, 1.54) is 0 Å². The van der Waals surface area contributed by atoms with Gasteiger partial charge in [0, 0.05) is 12.2 Å². The van der Waals surface area contributed by atoms with Gasteiger partial charge < -0.3 is 14.6 Å². The molecule has 0 radical (unpaired) electrons. The van der Waals surface area contributed by atoms with Crippen molar-refractivity contribution in [1.82, 2.24) is 0 Å². The van der Waals surface area contributed by atoms with Crippen LogP contribution in [0, 0.1) is 5.92 Å². The first-order valence-electron chi connectivity index (χ1n) is 5.55. The fourth-order valence-electron chi connectivity index (χ4n) is 0.866. The van der Waals surface area contributed by atoms with E-state index in [4.69, 9.17) is 9.47 Å². The summed E-state index contributed by atoms with van der Waals surface area (Å²) in [6.07, 6.45) is 0.271. The summed E-state index contributed by atoms with van der Waals surface area (Å²) in [6, 6.07) is 0. The van der Waals surface area contributed by atoms with Crippen molar-refractivity contribution < 1.29 is 19.4 Å². The first-order valence-corrected chi connectivity index (χ1v) is 5.55. The van der Waals surface area contributed by atoms with E-state index in [2.05, 4.69) is 20.4 Å². The number of aliphatic hydroxyl groups is 1. The Labute approximate surface area is 97.2 Å². The van der Waals surface area contributed by atoms with Crippen LogP contribution in [0.4, 0.5) is 0 Å². The lowest BCUT2D eigenvalue weighted by molar-refractivity contribution is -0.143.